The molecule has 4 nitrogen and oxygen atoms in total. The first-order chi connectivity index (χ1) is 9.13. The zero-order chi connectivity index (χ0) is 13.8. The Labute approximate surface area is 115 Å². The molecule has 106 valence electrons. The quantitative estimate of drug-likeness (QED) is 0.869. The smallest absolute Gasteiger partial charge is 0.129 e. The zero-order valence-electron chi connectivity index (χ0n) is 11.8. The van der Waals surface area contributed by atoms with Crippen LogP contribution in [0.2, 0.25) is 0 Å². The van der Waals surface area contributed by atoms with Gasteiger partial charge in [-0.25, -0.2) is 4.98 Å². The minimum absolute atomic E-state index is 0.0538. The maximum absolute atomic E-state index is 9.79. The average molecular weight is 264 g/mol. The standard InChI is InChI=1S/C15H24N2O2/c1-3-4-13-7-12(10-18)8-15(16-13)17-6-5-14(19)11(2)9-17/h7-8,11,14,18-19H,3-6,9-10H2,1-2H3. The molecule has 0 aliphatic carbocycles. The minimum Gasteiger partial charge on any atom is -0.393 e. The fourth-order valence-electron chi connectivity index (χ4n) is 2.61. The van der Waals surface area contributed by atoms with E-state index in [0.717, 1.165) is 49.4 Å². The van der Waals surface area contributed by atoms with Gasteiger partial charge in [-0.2, -0.15) is 0 Å². The summed E-state index contributed by atoms with van der Waals surface area (Å²) in [5.74, 6) is 1.21. The Bertz CT molecular complexity index is 423. The van der Waals surface area contributed by atoms with Gasteiger partial charge in [0, 0.05) is 18.8 Å². The Morgan fingerprint density at radius 2 is 2.21 bits per heavy atom. The summed E-state index contributed by atoms with van der Waals surface area (Å²) in [5, 5.41) is 19.2. The predicted octanol–water partition coefficient (Wildman–Crippen LogP) is 1.73. The maximum Gasteiger partial charge on any atom is 0.129 e. The van der Waals surface area contributed by atoms with Gasteiger partial charge in [-0.1, -0.05) is 20.3 Å². The van der Waals surface area contributed by atoms with Gasteiger partial charge in [-0.05, 0) is 36.5 Å². The lowest BCUT2D eigenvalue weighted by molar-refractivity contribution is 0.0968. The third-order valence-corrected chi connectivity index (χ3v) is 3.80. The molecule has 1 aromatic heterocycles. The van der Waals surface area contributed by atoms with Crippen LogP contribution >= 0.6 is 0 Å². The van der Waals surface area contributed by atoms with E-state index in [1.165, 1.54) is 0 Å². The van der Waals surface area contributed by atoms with Crippen LogP contribution in [0, 0.1) is 5.92 Å². The molecule has 0 amide bonds. The van der Waals surface area contributed by atoms with Crippen LogP contribution in [-0.4, -0.2) is 34.4 Å². The van der Waals surface area contributed by atoms with Crippen molar-refractivity contribution in [1.82, 2.24) is 4.98 Å². The average Bonchev–Trinajstić information content (AvgIpc) is 2.42. The number of hydrogen-bond donors (Lipinski definition) is 2. The highest BCUT2D eigenvalue weighted by atomic mass is 16.3. The molecule has 2 unspecified atom stereocenters. The number of nitrogens with zero attached hydrogens (tertiary/aromatic N) is 2. The molecule has 1 aromatic rings. The first-order valence-corrected chi connectivity index (χ1v) is 7.17. The molecule has 2 atom stereocenters. The van der Waals surface area contributed by atoms with Gasteiger partial charge in [0.25, 0.3) is 0 Å². The molecule has 2 rings (SSSR count). The second-order valence-electron chi connectivity index (χ2n) is 5.51. The molecule has 2 heterocycles. The highest BCUT2D eigenvalue weighted by Gasteiger charge is 2.25. The molecule has 0 saturated carbocycles. The summed E-state index contributed by atoms with van der Waals surface area (Å²) in [5.41, 5.74) is 1.97. The van der Waals surface area contributed by atoms with Crippen LogP contribution in [0.1, 0.15) is 37.9 Å². The summed E-state index contributed by atoms with van der Waals surface area (Å²) in [4.78, 5) is 6.91. The Hall–Kier alpha value is -1.13. The molecule has 0 bridgehead atoms. The molecule has 1 aliphatic rings. The number of anilines is 1. The van der Waals surface area contributed by atoms with Crippen molar-refractivity contribution in [2.75, 3.05) is 18.0 Å². The number of hydrogen-bond acceptors (Lipinski definition) is 4. The fraction of sp³-hybridized carbons (Fsp3) is 0.667. The van der Waals surface area contributed by atoms with Gasteiger partial charge in [0.15, 0.2) is 0 Å². The highest BCUT2D eigenvalue weighted by molar-refractivity contribution is 5.43. The van der Waals surface area contributed by atoms with Crippen molar-refractivity contribution < 1.29 is 10.2 Å². The van der Waals surface area contributed by atoms with E-state index in [0.29, 0.717) is 0 Å². The summed E-state index contributed by atoms with van der Waals surface area (Å²) < 4.78 is 0. The Balaban J connectivity index is 2.20. The summed E-state index contributed by atoms with van der Waals surface area (Å²) >= 11 is 0. The number of pyridine rings is 1. The molecule has 19 heavy (non-hydrogen) atoms. The van der Waals surface area contributed by atoms with E-state index in [1.807, 2.05) is 12.1 Å². The monoisotopic (exact) mass is 264 g/mol. The minimum atomic E-state index is -0.201. The Morgan fingerprint density at radius 3 is 2.84 bits per heavy atom. The molecule has 2 N–H and O–H groups in total. The molecule has 0 radical (unpaired) electrons. The van der Waals surface area contributed by atoms with Crippen molar-refractivity contribution >= 4 is 5.82 Å². The number of piperidine rings is 1. The predicted molar refractivity (Wildman–Crippen MR) is 76.2 cm³/mol. The fourth-order valence-corrected chi connectivity index (χ4v) is 2.61. The number of aryl methyl sites for hydroxylation is 1. The van der Waals surface area contributed by atoms with Crippen LogP contribution in [0.25, 0.3) is 0 Å². The Kier molecular flexibility index (Phi) is 4.77. The van der Waals surface area contributed by atoms with Gasteiger partial charge in [0.2, 0.25) is 0 Å². The van der Waals surface area contributed by atoms with Crippen molar-refractivity contribution in [3.8, 4) is 0 Å². The second kappa shape index (κ2) is 6.35. The van der Waals surface area contributed by atoms with Gasteiger partial charge in [-0.15, -0.1) is 0 Å². The van der Waals surface area contributed by atoms with Gasteiger partial charge >= 0.3 is 0 Å². The van der Waals surface area contributed by atoms with E-state index in [9.17, 15) is 10.2 Å². The topological polar surface area (TPSA) is 56.6 Å². The molecule has 0 aromatic carbocycles. The third-order valence-electron chi connectivity index (χ3n) is 3.80. The highest BCUT2D eigenvalue weighted by Crippen LogP contribution is 2.23. The molecular weight excluding hydrogens is 240 g/mol. The first-order valence-electron chi connectivity index (χ1n) is 7.17. The molecule has 4 heteroatoms. The van der Waals surface area contributed by atoms with Gasteiger partial charge in [-0.3, -0.25) is 0 Å². The molecule has 1 fully saturated rings. The van der Waals surface area contributed by atoms with Crippen molar-refractivity contribution in [2.45, 2.75) is 45.8 Å². The SMILES string of the molecule is CCCc1cc(CO)cc(N2CCC(O)C(C)C2)n1. The lowest BCUT2D eigenvalue weighted by Crippen LogP contribution is -2.42. The second-order valence-corrected chi connectivity index (χ2v) is 5.51. The molecule has 1 aliphatic heterocycles. The van der Waals surface area contributed by atoms with Crippen molar-refractivity contribution in [1.29, 1.82) is 0 Å². The van der Waals surface area contributed by atoms with Crippen LogP contribution in [-0.2, 0) is 13.0 Å². The Morgan fingerprint density at radius 1 is 1.42 bits per heavy atom. The molecular formula is C15H24N2O2. The summed E-state index contributed by atoms with van der Waals surface area (Å²) in [6.07, 6.45) is 2.57. The number of rotatable bonds is 4. The zero-order valence-corrected chi connectivity index (χ0v) is 11.8. The lowest BCUT2D eigenvalue weighted by atomic mass is 9.96. The number of aromatic nitrogens is 1. The number of aliphatic hydroxyl groups excluding tert-OH is 2. The molecule has 1 saturated heterocycles. The van der Waals surface area contributed by atoms with Crippen LogP contribution < -0.4 is 4.90 Å². The maximum atomic E-state index is 9.79. The van der Waals surface area contributed by atoms with Gasteiger partial charge < -0.3 is 15.1 Å². The van der Waals surface area contributed by atoms with E-state index in [2.05, 4.69) is 23.7 Å². The van der Waals surface area contributed by atoms with E-state index in [1.54, 1.807) is 0 Å². The van der Waals surface area contributed by atoms with E-state index >= 15 is 0 Å². The number of aliphatic hydroxyl groups is 2. The van der Waals surface area contributed by atoms with E-state index in [4.69, 9.17) is 0 Å². The normalized spacial score (nSPS) is 23.7. The van der Waals surface area contributed by atoms with Crippen LogP contribution in [0.3, 0.4) is 0 Å². The largest absolute Gasteiger partial charge is 0.393 e. The lowest BCUT2D eigenvalue weighted by Gasteiger charge is -2.35. The first kappa shape index (κ1) is 14.3. The third kappa shape index (κ3) is 3.45. The van der Waals surface area contributed by atoms with Crippen molar-refractivity contribution in [3.05, 3.63) is 23.4 Å². The van der Waals surface area contributed by atoms with Crippen molar-refractivity contribution in [3.63, 3.8) is 0 Å². The van der Waals surface area contributed by atoms with E-state index in [-0.39, 0.29) is 18.6 Å². The van der Waals surface area contributed by atoms with E-state index < -0.39 is 0 Å². The van der Waals surface area contributed by atoms with Crippen LogP contribution in [0.4, 0.5) is 5.82 Å². The molecule has 0 spiro atoms. The summed E-state index contributed by atoms with van der Waals surface area (Å²) in [6.45, 7) is 5.91. The summed E-state index contributed by atoms with van der Waals surface area (Å²) in [6, 6.07) is 3.94. The van der Waals surface area contributed by atoms with Gasteiger partial charge in [0.1, 0.15) is 5.82 Å². The van der Waals surface area contributed by atoms with Crippen LogP contribution in [0.15, 0.2) is 12.1 Å². The van der Waals surface area contributed by atoms with Crippen molar-refractivity contribution in [2.24, 2.45) is 5.92 Å². The summed E-state index contributed by atoms with van der Waals surface area (Å²) in [7, 11) is 0. The van der Waals surface area contributed by atoms with Crippen LogP contribution in [0.5, 0.6) is 0 Å². The van der Waals surface area contributed by atoms with Gasteiger partial charge in [0.05, 0.1) is 12.7 Å².